The van der Waals surface area contributed by atoms with Gasteiger partial charge in [0.15, 0.2) is 0 Å². The first-order valence-corrected chi connectivity index (χ1v) is 7.79. The van der Waals surface area contributed by atoms with Gasteiger partial charge >= 0.3 is 0 Å². The predicted molar refractivity (Wildman–Crippen MR) is 95.3 cm³/mol. The first-order valence-electron chi connectivity index (χ1n) is 7.79. The van der Waals surface area contributed by atoms with Crippen LogP contribution < -0.4 is 16.0 Å². The summed E-state index contributed by atoms with van der Waals surface area (Å²) < 4.78 is 0. The molecule has 0 spiro atoms. The first kappa shape index (κ1) is 19.9. The third-order valence-corrected chi connectivity index (χ3v) is 4.54. The molecule has 23 heavy (non-hydrogen) atoms. The van der Waals surface area contributed by atoms with Gasteiger partial charge in [0.2, 0.25) is 11.9 Å². The lowest BCUT2D eigenvalue weighted by Crippen LogP contribution is -2.57. The van der Waals surface area contributed by atoms with E-state index in [1.165, 1.54) is 0 Å². The number of amides is 1. The summed E-state index contributed by atoms with van der Waals surface area (Å²) in [5, 5.41) is 3.14. The predicted octanol–water partition coefficient (Wildman–Crippen LogP) is 1.68. The molecule has 3 N–H and O–H groups in total. The molecule has 8 heteroatoms. The van der Waals surface area contributed by atoms with Gasteiger partial charge in [-0.3, -0.25) is 4.79 Å². The van der Waals surface area contributed by atoms with Gasteiger partial charge in [-0.2, -0.15) is 0 Å². The number of rotatable bonds is 3. The van der Waals surface area contributed by atoms with Crippen molar-refractivity contribution in [2.75, 3.05) is 18.0 Å². The van der Waals surface area contributed by atoms with Gasteiger partial charge in [0, 0.05) is 31.5 Å². The summed E-state index contributed by atoms with van der Waals surface area (Å²) in [6.45, 7) is 1.69. The van der Waals surface area contributed by atoms with Gasteiger partial charge in [0.1, 0.15) is 0 Å². The summed E-state index contributed by atoms with van der Waals surface area (Å²) in [4.78, 5) is 23.1. The van der Waals surface area contributed by atoms with E-state index in [0.717, 1.165) is 57.6 Å². The van der Waals surface area contributed by atoms with Crippen LogP contribution in [0.4, 0.5) is 5.95 Å². The number of carbonyl (C=O) groups excluding carboxylic acids is 1. The van der Waals surface area contributed by atoms with E-state index in [1.54, 1.807) is 12.4 Å². The van der Waals surface area contributed by atoms with Crippen molar-refractivity contribution in [3.05, 3.63) is 18.5 Å². The third kappa shape index (κ3) is 4.68. The highest BCUT2D eigenvalue weighted by atomic mass is 35.5. The maximum Gasteiger partial charge on any atom is 0.240 e. The number of nitrogens with zero attached hydrogens (tertiary/aromatic N) is 3. The molecule has 0 aromatic carbocycles. The fourth-order valence-electron chi connectivity index (χ4n) is 3.29. The molecule has 1 aromatic heterocycles. The molecule has 2 aliphatic rings. The Morgan fingerprint density at radius 3 is 2.52 bits per heavy atom. The lowest BCUT2D eigenvalue weighted by Gasteiger charge is -2.35. The Morgan fingerprint density at radius 1 is 1.22 bits per heavy atom. The van der Waals surface area contributed by atoms with E-state index < -0.39 is 5.54 Å². The number of carbonyl (C=O) groups is 1. The number of anilines is 1. The average Bonchev–Trinajstić information content (AvgIpc) is 2.97. The molecule has 1 aliphatic carbocycles. The number of nitrogens with two attached hydrogens (primary N) is 1. The van der Waals surface area contributed by atoms with Crippen LogP contribution in [-0.4, -0.2) is 40.5 Å². The van der Waals surface area contributed by atoms with E-state index in [9.17, 15) is 4.79 Å². The van der Waals surface area contributed by atoms with Crippen LogP contribution in [0.2, 0.25) is 0 Å². The van der Waals surface area contributed by atoms with E-state index in [4.69, 9.17) is 5.73 Å². The minimum atomic E-state index is -0.647. The second kappa shape index (κ2) is 8.66. The highest BCUT2D eigenvalue weighted by Gasteiger charge is 2.38. The van der Waals surface area contributed by atoms with E-state index in [1.807, 2.05) is 6.07 Å². The quantitative estimate of drug-likeness (QED) is 0.855. The molecule has 130 valence electrons. The van der Waals surface area contributed by atoms with Crippen molar-refractivity contribution < 1.29 is 4.79 Å². The fraction of sp³-hybridized carbons (Fsp3) is 0.667. The smallest absolute Gasteiger partial charge is 0.240 e. The molecule has 1 aromatic rings. The number of piperidine rings is 1. The van der Waals surface area contributed by atoms with Crippen molar-refractivity contribution >= 4 is 36.7 Å². The topological polar surface area (TPSA) is 84.1 Å². The molecule has 1 amide bonds. The van der Waals surface area contributed by atoms with Gasteiger partial charge in [-0.1, -0.05) is 12.8 Å². The highest BCUT2D eigenvalue weighted by molar-refractivity contribution is 5.86. The zero-order valence-electron chi connectivity index (χ0n) is 13.1. The monoisotopic (exact) mass is 361 g/mol. The molecule has 1 aliphatic heterocycles. The summed E-state index contributed by atoms with van der Waals surface area (Å²) in [5.41, 5.74) is 5.57. The highest BCUT2D eigenvalue weighted by Crippen LogP contribution is 2.27. The number of aromatic nitrogens is 2. The molecule has 1 atom stereocenters. The Morgan fingerprint density at radius 2 is 1.87 bits per heavy atom. The van der Waals surface area contributed by atoms with Gasteiger partial charge in [-0.05, 0) is 31.7 Å². The molecular formula is C15H25Cl2N5O. The Hall–Kier alpha value is -1.11. The largest absolute Gasteiger partial charge is 0.350 e. The molecule has 1 saturated carbocycles. The van der Waals surface area contributed by atoms with E-state index >= 15 is 0 Å². The Bertz CT molecular complexity index is 496. The Kier molecular flexibility index (Phi) is 7.51. The lowest BCUT2D eigenvalue weighted by molar-refractivity contribution is -0.127. The summed E-state index contributed by atoms with van der Waals surface area (Å²) in [5.74, 6) is 0.751. The van der Waals surface area contributed by atoms with E-state index in [0.29, 0.717) is 0 Å². The molecule has 1 saturated heterocycles. The Labute approximate surface area is 149 Å². The van der Waals surface area contributed by atoms with Crippen LogP contribution in [0.1, 0.15) is 38.5 Å². The molecule has 2 heterocycles. The van der Waals surface area contributed by atoms with Crippen molar-refractivity contribution in [2.45, 2.75) is 50.1 Å². The number of hydrogen-bond donors (Lipinski definition) is 2. The van der Waals surface area contributed by atoms with Gasteiger partial charge in [-0.15, -0.1) is 24.8 Å². The van der Waals surface area contributed by atoms with Gasteiger partial charge in [0.25, 0.3) is 0 Å². The molecule has 0 radical (unpaired) electrons. The normalized spacial score (nSPS) is 22.7. The van der Waals surface area contributed by atoms with Gasteiger partial charge in [0.05, 0.1) is 5.54 Å². The molecule has 2 fully saturated rings. The zero-order valence-corrected chi connectivity index (χ0v) is 14.7. The fourth-order valence-corrected chi connectivity index (χ4v) is 3.29. The molecule has 1 unspecified atom stereocenters. The van der Waals surface area contributed by atoms with Crippen LogP contribution in [0.25, 0.3) is 0 Å². The van der Waals surface area contributed by atoms with Crippen LogP contribution in [0, 0.1) is 0 Å². The van der Waals surface area contributed by atoms with Crippen molar-refractivity contribution in [1.82, 2.24) is 15.3 Å². The maximum atomic E-state index is 12.4. The van der Waals surface area contributed by atoms with Crippen LogP contribution in [0.5, 0.6) is 0 Å². The van der Waals surface area contributed by atoms with Crippen molar-refractivity contribution in [3.8, 4) is 0 Å². The molecule has 3 rings (SSSR count). The summed E-state index contributed by atoms with van der Waals surface area (Å²) in [6.07, 6.45) is 9.23. The number of hydrogen-bond acceptors (Lipinski definition) is 5. The average molecular weight is 362 g/mol. The van der Waals surface area contributed by atoms with Crippen LogP contribution >= 0.6 is 24.8 Å². The number of halogens is 2. The third-order valence-electron chi connectivity index (χ3n) is 4.54. The van der Waals surface area contributed by atoms with Crippen molar-refractivity contribution in [1.29, 1.82) is 0 Å². The number of nitrogens with one attached hydrogen (secondary N) is 1. The van der Waals surface area contributed by atoms with Crippen molar-refractivity contribution in [2.24, 2.45) is 5.73 Å². The standard InChI is InChI=1S/C15H23N5O.2ClH/c16-15(6-1-2-7-15)13(21)19-12-5-3-10-20(11-12)14-17-8-4-9-18-14;;/h4,8-9,12H,1-3,5-7,10-11,16H2,(H,19,21);2*1H. The molecular weight excluding hydrogens is 337 g/mol. The summed E-state index contributed by atoms with van der Waals surface area (Å²) in [7, 11) is 0. The zero-order chi connectivity index (χ0) is 14.7. The summed E-state index contributed by atoms with van der Waals surface area (Å²) in [6, 6.07) is 1.95. The lowest BCUT2D eigenvalue weighted by atomic mass is 9.96. The van der Waals surface area contributed by atoms with Crippen LogP contribution in [-0.2, 0) is 4.79 Å². The van der Waals surface area contributed by atoms with Crippen LogP contribution in [0.15, 0.2) is 18.5 Å². The van der Waals surface area contributed by atoms with E-state index in [-0.39, 0.29) is 36.8 Å². The van der Waals surface area contributed by atoms with Gasteiger partial charge < -0.3 is 16.0 Å². The van der Waals surface area contributed by atoms with Crippen LogP contribution in [0.3, 0.4) is 0 Å². The minimum Gasteiger partial charge on any atom is -0.350 e. The molecule has 6 nitrogen and oxygen atoms in total. The SMILES string of the molecule is Cl.Cl.NC1(C(=O)NC2CCCN(c3ncccn3)C2)CCCC1. The van der Waals surface area contributed by atoms with E-state index in [2.05, 4.69) is 20.2 Å². The second-order valence-corrected chi connectivity index (χ2v) is 6.17. The Balaban J connectivity index is 0.00000132. The summed E-state index contributed by atoms with van der Waals surface area (Å²) >= 11 is 0. The minimum absolute atomic E-state index is 0. The first-order chi connectivity index (χ1) is 10.2. The second-order valence-electron chi connectivity index (χ2n) is 6.17. The van der Waals surface area contributed by atoms with Gasteiger partial charge in [-0.25, -0.2) is 9.97 Å². The maximum absolute atomic E-state index is 12.4. The van der Waals surface area contributed by atoms with Crippen molar-refractivity contribution in [3.63, 3.8) is 0 Å². The molecule has 0 bridgehead atoms.